The van der Waals surface area contributed by atoms with Crippen molar-refractivity contribution < 1.29 is 43.9 Å². The third kappa shape index (κ3) is 10.2. The first-order chi connectivity index (χ1) is 29.8. The van der Waals surface area contributed by atoms with Gasteiger partial charge in [0.05, 0.1) is 38.1 Å². The van der Waals surface area contributed by atoms with Crippen molar-refractivity contribution in [1.82, 2.24) is 4.90 Å². The number of fused-ring (bicyclic) bond motifs is 2. The SMILES string of the molecule is C=CCO[C@@]12Oc3ccc(Oc4ccc(C)c(C)c4)cc3[C@H]3[C@H](CCCCO)[C@@H](CCCCO)C=C(C(=NOCc4ccccc4)C[C@@H]1N(CCOCCO)C(=O)C1CC1)[C@H]32. The number of oxime groups is 1. The van der Waals surface area contributed by atoms with Gasteiger partial charge in [-0.1, -0.05) is 66.5 Å². The van der Waals surface area contributed by atoms with E-state index < -0.39 is 17.7 Å². The zero-order valence-electron chi connectivity index (χ0n) is 35.9. The molecule has 3 aromatic rings. The van der Waals surface area contributed by atoms with Gasteiger partial charge in [-0.25, -0.2) is 0 Å². The van der Waals surface area contributed by atoms with Gasteiger partial charge in [0.25, 0.3) is 0 Å². The number of hydrogen-bond donors (Lipinski definition) is 3. The van der Waals surface area contributed by atoms with Crippen molar-refractivity contribution in [2.24, 2.45) is 28.8 Å². The lowest BCUT2D eigenvalue weighted by molar-refractivity contribution is -0.258. The summed E-state index contributed by atoms with van der Waals surface area (Å²) >= 11 is 0. The number of aryl methyl sites for hydroxylation is 2. The average molecular weight is 837 g/mol. The summed E-state index contributed by atoms with van der Waals surface area (Å²) in [5.74, 6) is 0.219. The fourth-order valence-electron chi connectivity index (χ4n) is 9.70. The van der Waals surface area contributed by atoms with Crippen molar-refractivity contribution in [2.75, 3.05) is 46.2 Å². The molecule has 328 valence electrons. The van der Waals surface area contributed by atoms with Gasteiger partial charge >= 0.3 is 0 Å². The van der Waals surface area contributed by atoms with Crippen molar-refractivity contribution in [3.63, 3.8) is 0 Å². The molecule has 61 heavy (non-hydrogen) atoms. The average Bonchev–Trinajstić information content (AvgIpc) is 4.12. The highest BCUT2D eigenvalue weighted by Gasteiger charge is 2.66. The molecule has 11 heteroatoms. The van der Waals surface area contributed by atoms with E-state index in [0.29, 0.717) is 30.8 Å². The number of carbonyl (C=O) groups excluding carboxylic acids is 1. The van der Waals surface area contributed by atoms with E-state index in [1.165, 1.54) is 5.56 Å². The maximum atomic E-state index is 14.6. The smallest absolute Gasteiger partial charge is 0.239 e. The number of unbranched alkanes of at least 4 members (excludes halogenated alkanes) is 2. The summed E-state index contributed by atoms with van der Waals surface area (Å²) in [6.07, 6.45) is 10.7. The first-order valence-corrected chi connectivity index (χ1v) is 22.3. The molecule has 7 rings (SSSR count). The van der Waals surface area contributed by atoms with E-state index in [1.807, 2.05) is 53.4 Å². The van der Waals surface area contributed by atoms with Gasteiger partial charge in [-0.3, -0.25) is 4.79 Å². The van der Waals surface area contributed by atoms with Crippen LogP contribution in [-0.2, 0) is 25.7 Å². The zero-order chi connectivity index (χ0) is 42.8. The molecule has 0 spiro atoms. The van der Waals surface area contributed by atoms with Gasteiger partial charge < -0.3 is 44.0 Å². The van der Waals surface area contributed by atoms with Crippen molar-refractivity contribution in [3.8, 4) is 17.2 Å². The van der Waals surface area contributed by atoms with E-state index in [-0.39, 0.29) is 82.4 Å². The monoisotopic (exact) mass is 836 g/mol. The van der Waals surface area contributed by atoms with E-state index in [2.05, 4.69) is 44.7 Å². The third-order valence-corrected chi connectivity index (χ3v) is 12.9. The Labute approximate surface area is 361 Å². The second-order valence-corrected chi connectivity index (χ2v) is 17.0. The number of aliphatic hydroxyl groups is 3. The molecule has 1 heterocycles. The molecule has 0 aromatic heterocycles. The Hall–Kier alpha value is -4.52. The molecular weight excluding hydrogens is 773 g/mol. The number of allylic oxidation sites excluding steroid dienone is 1. The van der Waals surface area contributed by atoms with Crippen molar-refractivity contribution in [2.45, 2.75) is 96.0 Å². The topological polar surface area (TPSA) is 140 Å². The molecule has 0 saturated heterocycles. The Morgan fingerprint density at radius 2 is 1.67 bits per heavy atom. The molecular formula is C50H64N2O9. The van der Waals surface area contributed by atoms with E-state index in [4.69, 9.17) is 28.9 Å². The molecule has 11 nitrogen and oxygen atoms in total. The predicted molar refractivity (Wildman–Crippen MR) is 235 cm³/mol. The number of benzene rings is 3. The molecule has 1 amide bonds. The predicted octanol–water partition coefficient (Wildman–Crippen LogP) is 8.18. The number of carbonyl (C=O) groups is 1. The lowest BCUT2D eigenvalue weighted by Gasteiger charge is -2.60. The van der Waals surface area contributed by atoms with Crippen molar-refractivity contribution >= 4 is 11.6 Å². The highest BCUT2D eigenvalue weighted by atomic mass is 16.7. The minimum absolute atomic E-state index is 0.0245. The molecule has 0 bridgehead atoms. The fraction of sp³-hybridized carbons (Fsp3) is 0.520. The normalized spacial score (nSPS) is 24.6. The number of amides is 1. The summed E-state index contributed by atoms with van der Waals surface area (Å²) in [6.45, 7) is 9.43. The Balaban J connectivity index is 1.42. The lowest BCUT2D eigenvalue weighted by atomic mass is 9.55. The summed E-state index contributed by atoms with van der Waals surface area (Å²) in [6, 6.07) is 21.4. The summed E-state index contributed by atoms with van der Waals surface area (Å²) in [5, 5.41) is 34.4. The maximum absolute atomic E-state index is 14.6. The van der Waals surface area contributed by atoms with E-state index in [9.17, 15) is 20.1 Å². The third-order valence-electron chi connectivity index (χ3n) is 12.9. The van der Waals surface area contributed by atoms with E-state index in [1.54, 1.807) is 6.08 Å². The summed E-state index contributed by atoms with van der Waals surface area (Å²) in [4.78, 5) is 22.7. The Morgan fingerprint density at radius 3 is 2.39 bits per heavy atom. The van der Waals surface area contributed by atoms with Gasteiger partial charge in [-0.05, 0) is 117 Å². The van der Waals surface area contributed by atoms with Gasteiger partial charge in [0.1, 0.15) is 29.9 Å². The highest BCUT2D eigenvalue weighted by Crippen LogP contribution is 2.62. The van der Waals surface area contributed by atoms with Crippen LogP contribution < -0.4 is 9.47 Å². The second kappa shape index (κ2) is 21.0. The quantitative estimate of drug-likeness (QED) is 0.0491. The van der Waals surface area contributed by atoms with Crippen molar-refractivity contribution in [3.05, 3.63) is 113 Å². The summed E-state index contributed by atoms with van der Waals surface area (Å²) in [5.41, 5.74) is 6.03. The minimum atomic E-state index is -1.36. The number of nitrogens with zero attached hydrogens (tertiary/aromatic N) is 2. The van der Waals surface area contributed by atoms with E-state index in [0.717, 1.165) is 72.2 Å². The van der Waals surface area contributed by atoms with Crippen LogP contribution in [0.15, 0.2) is 96.2 Å². The molecule has 4 aliphatic rings. The number of aliphatic hydroxyl groups excluding tert-OH is 3. The van der Waals surface area contributed by atoms with Gasteiger partial charge in [-0.2, -0.15) is 0 Å². The van der Waals surface area contributed by atoms with Crippen LogP contribution in [0.3, 0.4) is 0 Å². The number of rotatable bonds is 23. The van der Waals surface area contributed by atoms with Crippen LogP contribution in [0.2, 0.25) is 0 Å². The molecule has 3 N–H and O–H groups in total. The molecule has 2 fully saturated rings. The van der Waals surface area contributed by atoms with Crippen LogP contribution in [0.5, 0.6) is 17.2 Å². The Morgan fingerprint density at radius 1 is 0.918 bits per heavy atom. The Bertz CT molecular complexity index is 2000. The fourth-order valence-corrected chi connectivity index (χ4v) is 9.70. The van der Waals surface area contributed by atoms with Gasteiger partial charge in [0, 0.05) is 43.6 Å². The molecule has 1 aliphatic heterocycles. The van der Waals surface area contributed by atoms with Crippen LogP contribution in [0.4, 0.5) is 0 Å². The van der Waals surface area contributed by atoms with Crippen LogP contribution in [-0.4, -0.2) is 89.9 Å². The Kier molecular flexibility index (Phi) is 15.4. The summed E-state index contributed by atoms with van der Waals surface area (Å²) in [7, 11) is 0. The van der Waals surface area contributed by atoms with Crippen LogP contribution in [0, 0.1) is 37.5 Å². The molecule has 2 saturated carbocycles. The minimum Gasteiger partial charge on any atom is -0.459 e. The second-order valence-electron chi connectivity index (χ2n) is 17.0. The van der Waals surface area contributed by atoms with Crippen LogP contribution in [0.25, 0.3) is 0 Å². The highest BCUT2D eigenvalue weighted by molar-refractivity contribution is 6.03. The van der Waals surface area contributed by atoms with Gasteiger partial charge in [0.2, 0.25) is 11.7 Å². The lowest BCUT2D eigenvalue weighted by Crippen LogP contribution is -2.70. The maximum Gasteiger partial charge on any atom is 0.239 e. The molecule has 3 aliphatic carbocycles. The van der Waals surface area contributed by atoms with Crippen molar-refractivity contribution in [1.29, 1.82) is 0 Å². The van der Waals surface area contributed by atoms with Crippen LogP contribution in [0.1, 0.15) is 86.0 Å². The zero-order valence-corrected chi connectivity index (χ0v) is 35.9. The first kappa shape index (κ1) is 44.5. The molecule has 6 atom stereocenters. The first-order valence-electron chi connectivity index (χ1n) is 22.3. The number of ether oxygens (including phenoxy) is 4. The molecule has 0 radical (unpaired) electrons. The number of hydrogen-bond acceptors (Lipinski definition) is 10. The van der Waals surface area contributed by atoms with E-state index >= 15 is 0 Å². The summed E-state index contributed by atoms with van der Waals surface area (Å²) < 4.78 is 26.9. The standard InChI is InChI=1S/C50H64N2O9/c1-4-26-58-50-46(52(22-27-57-28-25-55)49(56)37-17-18-37)32-44(51-59-33-36-12-6-5-7-13-36)42-30-38(14-8-10-23-53)41(15-9-11-24-54)47(48(42)50)43-31-40(20-21-45(43)61-50)60-39-19-16-34(2)35(3)29-39/h4-7,12-13,16,19-21,29-31,37-38,41,46-48,53-55H,1,8-11,14-15,17-18,22-28,32-33H2,2-3H3/t38-,41+,46-,47+,48+,50+/m0/s1. The molecule has 0 unspecified atom stereocenters. The van der Waals surface area contributed by atoms with Crippen LogP contribution >= 0.6 is 0 Å². The van der Waals surface area contributed by atoms with Gasteiger partial charge in [0.15, 0.2) is 0 Å². The largest absolute Gasteiger partial charge is 0.459 e. The van der Waals surface area contributed by atoms with Gasteiger partial charge in [-0.15, -0.1) is 6.58 Å². The molecule has 3 aromatic carbocycles.